The second-order valence-electron chi connectivity index (χ2n) is 6.45. The van der Waals surface area contributed by atoms with Crippen LogP contribution in [0.5, 0.6) is 0 Å². The Morgan fingerprint density at radius 1 is 1.19 bits per heavy atom. The summed E-state index contributed by atoms with van der Waals surface area (Å²) in [7, 11) is 3.31. The number of hydrogen-bond donors (Lipinski definition) is 1. The Bertz CT molecular complexity index is 1040. The lowest BCUT2D eigenvalue weighted by Crippen LogP contribution is -2.23. The van der Waals surface area contributed by atoms with Gasteiger partial charge in [-0.05, 0) is 47.1 Å². The van der Waals surface area contributed by atoms with Gasteiger partial charge in [0.2, 0.25) is 5.91 Å². The van der Waals surface area contributed by atoms with Crippen LogP contribution in [-0.2, 0) is 11.3 Å². The molecule has 3 aromatic rings. The van der Waals surface area contributed by atoms with Gasteiger partial charge >= 0.3 is 0 Å². The van der Waals surface area contributed by atoms with Gasteiger partial charge in [0.25, 0.3) is 5.91 Å². The molecule has 2 aromatic carbocycles. The maximum atomic E-state index is 12.6. The van der Waals surface area contributed by atoms with Gasteiger partial charge < -0.3 is 14.8 Å². The Balaban J connectivity index is 1.84. The van der Waals surface area contributed by atoms with Crippen LogP contribution in [0.3, 0.4) is 0 Å². The number of amides is 2. The molecule has 0 spiro atoms. The number of fused-ring (bicyclic) bond motifs is 1. The molecule has 0 atom stereocenters. The van der Waals surface area contributed by atoms with Crippen LogP contribution in [0.1, 0.15) is 16.1 Å². The molecule has 140 valence electrons. The molecule has 0 aliphatic heterocycles. The molecule has 7 heteroatoms. The largest absolute Gasteiger partial charge is 0.345 e. The van der Waals surface area contributed by atoms with E-state index in [4.69, 9.17) is 11.6 Å². The zero-order valence-corrected chi connectivity index (χ0v) is 17.6. The number of carbonyl (C=O) groups is 2. The minimum absolute atomic E-state index is 0.164. The van der Waals surface area contributed by atoms with Crippen molar-refractivity contribution >= 4 is 55.9 Å². The number of rotatable bonds is 4. The highest BCUT2D eigenvalue weighted by molar-refractivity contribution is 9.10. The number of nitrogens with zero attached hydrogens (tertiary/aromatic N) is 2. The van der Waals surface area contributed by atoms with Gasteiger partial charge in [0.05, 0.1) is 10.6 Å². The zero-order chi connectivity index (χ0) is 19.7. The minimum Gasteiger partial charge on any atom is -0.345 e. The molecule has 27 heavy (non-hydrogen) atoms. The van der Waals surface area contributed by atoms with Crippen LogP contribution in [0.15, 0.2) is 46.9 Å². The van der Waals surface area contributed by atoms with E-state index in [2.05, 4.69) is 21.2 Å². The van der Waals surface area contributed by atoms with E-state index in [1.54, 1.807) is 32.3 Å². The van der Waals surface area contributed by atoms with Crippen molar-refractivity contribution in [2.75, 3.05) is 19.4 Å². The summed E-state index contributed by atoms with van der Waals surface area (Å²) in [6.07, 6.45) is 0. The summed E-state index contributed by atoms with van der Waals surface area (Å²) in [6.45, 7) is 2.13. The van der Waals surface area contributed by atoms with Crippen LogP contribution >= 0.6 is 27.5 Å². The molecule has 0 saturated carbocycles. The first-order valence-corrected chi connectivity index (χ1v) is 9.51. The monoisotopic (exact) mass is 447 g/mol. The third-order valence-electron chi connectivity index (χ3n) is 4.34. The van der Waals surface area contributed by atoms with Crippen LogP contribution < -0.4 is 5.32 Å². The van der Waals surface area contributed by atoms with Crippen molar-refractivity contribution in [3.8, 4) is 0 Å². The second-order valence-corrected chi connectivity index (χ2v) is 7.65. The van der Waals surface area contributed by atoms with Gasteiger partial charge in [0, 0.05) is 40.9 Å². The maximum Gasteiger partial charge on any atom is 0.254 e. The predicted octanol–water partition coefficient (Wildman–Crippen LogP) is 4.71. The van der Waals surface area contributed by atoms with Gasteiger partial charge in [-0.25, -0.2) is 0 Å². The van der Waals surface area contributed by atoms with Crippen LogP contribution in [0, 0.1) is 6.92 Å². The summed E-state index contributed by atoms with van der Waals surface area (Å²) >= 11 is 9.72. The first kappa shape index (κ1) is 19.5. The predicted molar refractivity (Wildman–Crippen MR) is 112 cm³/mol. The summed E-state index contributed by atoms with van der Waals surface area (Å²) in [6, 6.07) is 12.8. The van der Waals surface area contributed by atoms with Crippen LogP contribution in [0.25, 0.3) is 10.9 Å². The topological polar surface area (TPSA) is 54.3 Å². The highest BCUT2D eigenvalue weighted by Crippen LogP contribution is 2.30. The normalized spacial score (nSPS) is 10.9. The molecule has 1 heterocycles. The SMILES string of the molecule is Cc1c(Br)c2ccccc2n1CC(=O)Nc1ccc(Cl)c(C(=O)N(C)C)c1. The fraction of sp³-hybridized carbons (Fsp3) is 0.200. The van der Waals surface area contributed by atoms with Gasteiger partial charge in [-0.2, -0.15) is 0 Å². The van der Waals surface area contributed by atoms with E-state index >= 15 is 0 Å². The van der Waals surface area contributed by atoms with E-state index in [-0.39, 0.29) is 18.4 Å². The Hall–Kier alpha value is -2.31. The molecule has 2 amide bonds. The number of nitrogens with one attached hydrogen (secondary N) is 1. The average Bonchev–Trinajstić information content (AvgIpc) is 2.88. The summed E-state index contributed by atoms with van der Waals surface area (Å²) in [5, 5.41) is 4.26. The van der Waals surface area contributed by atoms with E-state index in [1.165, 1.54) is 4.90 Å². The van der Waals surface area contributed by atoms with Gasteiger partial charge in [-0.15, -0.1) is 0 Å². The molecule has 1 N–H and O–H groups in total. The molecule has 0 aliphatic rings. The second kappa shape index (κ2) is 7.74. The molecule has 3 rings (SSSR count). The van der Waals surface area contributed by atoms with Gasteiger partial charge in [-0.1, -0.05) is 29.8 Å². The van der Waals surface area contributed by atoms with Crippen molar-refractivity contribution in [2.24, 2.45) is 0 Å². The standard InChI is InChI=1S/C20H19BrClN3O2/c1-12-19(21)14-6-4-5-7-17(14)25(12)11-18(26)23-13-8-9-16(22)15(10-13)20(27)24(2)3/h4-10H,11H2,1-3H3,(H,23,26). The Labute approximate surface area is 171 Å². The molecule has 0 saturated heterocycles. The van der Waals surface area contributed by atoms with Crippen molar-refractivity contribution in [3.05, 3.63) is 63.2 Å². The molecule has 1 aromatic heterocycles. The Kier molecular flexibility index (Phi) is 5.58. The molecular weight excluding hydrogens is 430 g/mol. The van der Waals surface area contributed by atoms with Crippen molar-refractivity contribution in [1.82, 2.24) is 9.47 Å². The number of carbonyl (C=O) groups excluding carboxylic acids is 2. The first-order valence-electron chi connectivity index (χ1n) is 8.34. The lowest BCUT2D eigenvalue weighted by atomic mass is 10.1. The van der Waals surface area contributed by atoms with E-state index in [0.29, 0.717) is 16.3 Å². The number of para-hydroxylation sites is 1. The molecule has 0 unspecified atom stereocenters. The van der Waals surface area contributed by atoms with E-state index < -0.39 is 0 Å². The quantitative estimate of drug-likeness (QED) is 0.628. The summed E-state index contributed by atoms with van der Waals surface area (Å²) in [4.78, 5) is 26.3. The number of anilines is 1. The van der Waals surface area contributed by atoms with Gasteiger partial charge in [0.15, 0.2) is 0 Å². The van der Waals surface area contributed by atoms with Crippen LogP contribution in [-0.4, -0.2) is 35.4 Å². The fourth-order valence-electron chi connectivity index (χ4n) is 2.94. The van der Waals surface area contributed by atoms with Crippen LogP contribution in [0.2, 0.25) is 5.02 Å². The van der Waals surface area contributed by atoms with E-state index in [9.17, 15) is 9.59 Å². The highest BCUT2D eigenvalue weighted by Gasteiger charge is 2.16. The lowest BCUT2D eigenvalue weighted by molar-refractivity contribution is -0.116. The Morgan fingerprint density at radius 2 is 1.89 bits per heavy atom. The molecule has 0 radical (unpaired) electrons. The number of aromatic nitrogens is 1. The summed E-state index contributed by atoms with van der Waals surface area (Å²) < 4.78 is 2.94. The van der Waals surface area contributed by atoms with Crippen LogP contribution in [0.4, 0.5) is 5.69 Å². The first-order chi connectivity index (χ1) is 12.8. The number of benzene rings is 2. The third kappa shape index (κ3) is 3.87. The molecule has 0 bridgehead atoms. The van der Waals surface area contributed by atoms with Crippen molar-refractivity contribution < 1.29 is 9.59 Å². The van der Waals surface area contributed by atoms with Crippen molar-refractivity contribution in [3.63, 3.8) is 0 Å². The van der Waals surface area contributed by atoms with E-state index in [0.717, 1.165) is 21.1 Å². The number of halogens is 2. The maximum absolute atomic E-state index is 12.6. The zero-order valence-electron chi connectivity index (χ0n) is 15.2. The molecule has 5 nitrogen and oxygen atoms in total. The summed E-state index contributed by atoms with van der Waals surface area (Å²) in [5.74, 6) is -0.399. The van der Waals surface area contributed by atoms with Gasteiger partial charge in [-0.3, -0.25) is 9.59 Å². The number of hydrogen-bond acceptors (Lipinski definition) is 2. The van der Waals surface area contributed by atoms with Crippen molar-refractivity contribution in [2.45, 2.75) is 13.5 Å². The van der Waals surface area contributed by atoms with Gasteiger partial charge in [0.1, 0.15) is 6.54 Å². The molecule has 0 aliphatic carbocycles. The lowest BCUT2D eigenvalue weighted by Gasteiger charge is -2.14. The van der Waals surface area contributed by atoms with E-state index in [1.807, 2.05) is 35.8 Å². The molecule has 0 fully saturated rings. The highest BCUT2D eigenvalue weighted by atomic mass is 79.9. The Morgan fingerprint density at radius 3 is 2.59 bits per heavy atom. The minimum atomic E-state index is -0.215. The molecular formula is C20H19BrClN3O2. The third-order valence-corrected chi connectivity index (χ3v) is 5.67. The van der Waals surface area contributed by atoms with Crippen molar-refractivity contribution in [1.29, 1.82) is 0 Å². The smallest absolute Gasteiger partial charge is 0.254 e. The average molecular weight is 449 g/mol. The summed E-state index contributed by atoms with van der Waals surface area (Å²) in [5.41, 5.74) is 2.84. The fourth-order valence-corrected chi connectivity index (χ4v) is 3.69.